The predicted molar refractivity (Wildman–Crippen MR) is 158 cm³/mol. The van der Waals surface area contributed by atoms with Crippen molar-refractivity contribution >= 4 is 35.0 Å². The van der Waals surface area contributed by atoms with Crippen LogP contribution in [0.5, 0.6) is 5.75 Å². The number of amides is 2. The molecule has 1 aromatic carbocycles. The van der Waals surface area contributed by atoms with Crippen LogP contribution < -0.4 is 25.2 Å². The lowest BCUT2D eigenvalue weighted by atomic mass is 10.0. The average Bonchev–Trinajstić information content (AvgIpc) is 3.76. The summed E-state index contributed by atoms with van der Waals surface area (Å²) in [5, 5.41) is 6.71. The van der Waals surface area contributed by atoms with Gasteiger partial charge in [-0.05, 0) is 63.1 Å². The van der Waals surface area contributed by atoms with Gasteiger partial charge >= 0.3 is 0 Å². The number of likely N-dealkylation sites (tertiary alicyclic amines) is 1. The van der Waals surface area contributed by atoms with Crippen LogP contribution in [0.25, 0.3) is 0 Å². The van der Waals surface area contributed by atoms with Crippen LogP contribution in [0.1, 0.15) is 67.8 Å². The molecule has 5 aliphatic rings. The zero-order chi connectivity index (χ0) is 28.2. The molecule has 41 heavy (non-hydrogen) atoms. The first kappa shape index (κ1) is 26.5. The van der Waals surface area contributed by atoms with E-state index in [9.17, 15) is 9.59 Å². The van der Waals surface area contributed by atoms with Crippen molar-refractivity contribution in [3.63, 3.8) is 0 Å². The van der Waals surface area contributed by atoms with E-state index in [1.54, 1.807) is 11.1 Å². The number of hydrogen-bond acceptors (Lipinski definition) is 8. The second-order valence-electron chi connectivity index (χ2n) is 12.6. The molecule has 218 valence electrons. The molecule has 10 heteroatoms. The molecule has 0 radical (unpaired) electrons. The lowest BCUT2D eigenvalue weighted by Gasteiger charge is -2.43. The standard InChI is InChI=1S/C31H41N7O3/c1-4-25-30(40)37(3)26-15-32-31(35-28(26)38(25)21-7-5-6-8-21)34-24-10-9-23(22-11-12-41-27(22)24)29(39)33-20-13-18-16-36(2)17-19(18)14-20/h9-10,15,18-21,25H,4-8,11-14,16-17H2,1-3H3,(H,33,39)(H,32,34,35). The van der Waals surface area contributed by atoms with Gasteiger partial charge in [0.15, 0.2) is 5.82 Å². The number of aromatic nitrogens is 2. The first-order valence-electron chi connectivity index (χ1n) is 15.4. The van der Waals surface area contributed by atoms with E-state index >= 15 is 0 Å². The molecule has 1 aromatic heterocycles. The molecule has 3 atom stereocenters. The number of hydrogen-bond donors (Lipinski definition) is 2. The number of nitrogens with zero attached hydrogens (tertiary/aromatic N) is 5. The first-order chi connectivity index (χ1) is 19.9. The second kappa shape index (κ2) is 10.5. The summed E-state index contributed by atoms with van der Waals surface area (Å²) < 4.78 is 6.05. The van der Waals surface area contributed by atoms with Gasteiger partial charge in [0.2, 0.25) is 11.9 Å². The van der Waals surface area contributed by atoms with E-state index in [4.69, 9.17) is 9.72 Å². The molecule has 0 spiro atoms. The van der Waals surface area contributed by atoms with Crippen molar-refractivity contribution < 1.29 is 14.3 Å². The van der Waals surface area contributed by atoms with Gasteiger partial charge < -0.3 is 30.1 Å². The average molecular weight is 560 g/mol. The van der Waals surface area contributed by atoms with Gasteiger partial charge in [0, 0.05) is 49.8 Å². The molecule has 2 saturated carbocycles. The van der Waals surface area contributed by atoms with Gasteiger partial charge in [0.1, 0.15) is 17.5 Å². The fraction of sp³-hybridized carbons (Fsp3) is 0.613. The molecule has 7 rings (SSSR count). The van der Waals surface area contributed by atoms with Crippen molar-refractivity contribution in [3.8, 4) is 5.75 Å². The van der Waals surface area contributed by atoms with Crippen LogP contribution in [0.3, 0.4) is 0 Å². The third-order valence-corrected chi connectivity index (χ3v) is 10.0. The van der Waals surface area contributed by atoms with E-state index in [0.29, 0.717) is 48.2 Å². The Morgan fingerprint density at radius 3 is 2.61 bits per heavy atom. The Kier molecular flexibility index (Phi) is 6.76. The van der Waals surface area contributed by atoms with Crippen molar-refractivity contribution in [2.24, 2.45) is 11.8 Å². The Hall–Kier alpha value is -3.40. The van der Waals surface area contributed by atoms with E-state index < -0.39 is 0 Å². The van der Waals surface area contributed by atoms with E-state index in [0.717, 1.165) is 67.9 Å². The van der Waals surface area contributed by atoms with Gasteiger partial charge in [-0.25, -0.2) is 4.98 Å². The molecule has 3 unspecified atom stereocenters. The van der Waals surface area contributed by atoms with Gasteiger partial charge in [0.25, 0.3) is 5.91 Å². The number of benzene rings is 1. The summed E-state index contributed by atoms with van der Waals surface area (Å²) in [6.45, 7) is 4.88. The summed E-state index contributed by atoms with van der Waals surface area (Å²) in [5.41, 5.74) is 3.13. The molecule has 3 fully saturated rings. The lowest BCUT2D eigenvalue weighted by molar-refractivity contribution is -0.120. The Bertz CT molecular complexity index is 1350. The Morgan fingerprint density at radius 1 is 1.12 bits per heavy atom. The molecule has 0 bridgehead atoms. The molecule has 1 saturated heterocycles. The smallest absolute Gasteiger partial charge is 0.251 e. The number of likely N-dealkylation sites (N-methyl/N-ethyl adjacent to an activating group) is 1. The van der Waals surface area contributed by atoms with E-state index in [-0.39, 0.29) is 23.9 Å². The molecule has 2 aliphatic carbocycles. The number of nitrogens with one attached hydrogen (secondary N) is 2. The summed E-state index contributed by atoms with van der Waals surface area (Å²) >= 11 is 0. The van der Waals surface area contributed by atoms with Crippen LogP contribution in [0.15, 0.2) is 18.3 Å². The lowest BCUT2D eigenvalue weighted by Crippen LogP contribution is -2.55. The summed E-state index contributed by atoms with van der Waals surface area (Å²) in [5.74, 6) is 3.45. The zero-order valence-electron chi connectivity index (χ0n) is 24.4. The third kappa shape index (κ3) is 4.60. The SMILES string of the molecule is CCC1C(=O)N(C)c2cnc(Nc3ccc(C(=O)NC4CC5CN(C)CC5C4)c4c3OCC4)nc2N1C1CCCC1. The van der Waals surface area contributed by atoms with Crippen molar-refractivity contribution in [3.05, 3.63) is 29.5 Å². The highest BCUT2D eigenvalue weighted by Crippen LogP contribution is 2.42. The maximum absolute atomic E-state index is 13.4. The Morgan fingerprint density at radius 2 is 1.88 bits per heavy atom. The highest BCUT2D eigenvalue weighted by Gasteiger charge is 2.42. The molecule has 10 nitrogen and oxygen atoms in total. The molecular formula is C31H41N7O3. The zero-order valence-corrected chi connectivity index (χ0v) is 24.4. The molecule has 3 aliphatic heterocycles. The van der Waals surface area contributed by atoms with Crippen molar-refractivity contribution in [2.45, 2.75) is 76.4 Å². The molecule has 2 amide bonds. The second-order valence-corrected chi connectivity index (χ2v) is 12.6. The van der Waals surface area contributed by atoms with Crippen LogP contribution in [0.4, 0.5) is 23.1 Å². The van der Waals surface area contributed by atoms with E-state index in [1.807, 2.05) is 19.2 Å². The largest absolute Gasteiger partial charge is 0.491 e. The third-order valence-electron chi connectivity index (χ3n) is 10.0. The molecule has 2 aromatic rings. The monoisotopic (exact) mass is 559 g/mol. The van der Waals surface area contributed by atoms with E-state index in [2.05, 4.69) is 39.4 Å². The number of carbonyl (C=O) groups excluding carboxylic acids is 2. The minimum Gasteiger partial charge on any atom is -0.491 e. The molecular weight excluding hydrogens is 518 g/mol. The van der Waals surface area contributed by atoms with Crippen LogP contribution in [0.2, 0.25) is 0 Å². The van der Waals surface area contributed by atoms with Crippen molar-refractivity contribution in [1.82, 2.24) is 20.2 Å². The van der Waals surface area contributed by atoms with Crippen LogP contribution >= 0.6 is 0 Å². The van der Waals surface area contributed by atoms with Crippen LogP contribution in [0, 0.1) is 11.8 Å². The Labute approximate surface area is 241 Å². The number of rotatable bonds is 6. The van der Waals surface area contributed by atoms with Gasteiger partial charge in [-0.15, -0.1) is 0 Å². The van der Waals surface area contributed by atoms with Crippen molar-refractivity contribution in [1.29, 1.82) is 0 Å². The summed E-state index contributed by atoms with van der Waals surface area (Å²) in [7, 11) is 4.00. The van der Waals surface area contributed by atoms with Gasteiger partial charge in [0.05, 0.1) is 18.5 Å². The van der Waals surface area contributed by atoms with Crippen molar-refractivity contribution in [2.75, 3.05) is 48.9 Å². The topological polar surface area (TPSA) is 103 Å². The predicted octanol–water partition coefficient (Wildman–Crippen LogP) is 3.73. The van der Waals surface area contributed by atoms with Gasteiger partial charge in [-0.3, -0.25) is 9.59 Å². The first-order valence-corrected chi connectivity index (χ1v) is 15.4. The quantitative estimate of drug-likeness (QED) is 0.552. The number of carbonyl (C=O) groups is 2. The minimum absolute atomic E-state index is 0.00724. The van der Waals surface area contributed by atoms with Crippen LogP contribution in [-0.2, 0) is 11.2 Å². The highest BCUT2D eigenvalue weighted by atomic mass is 16.5. The maximum Gasteiger partial charge on any atom is 0.251 e. The molecule has 2 N–H and O–H groups in total. The minimum atomic E-state index is -0.218. The summed E-state index contributed by atoms with van der Waals surface area (Å²) in [6.07, 6.45) is 9.79. The number of anilines is 4. The normalized spacial score (nSPS) is 27.5. The number of ether oxygens (including phenoxy) is 1. The van der Waals surface area contributed by atoms with Crippen LogP contribution in [-0.4, -0.2) is 78.6 Å². The fourth-order valence-electron chi connectivity index (χ4n) is 8.09. The highest BCUT2D eigenvalue weighted by molar-refractivity contribution is 6.04. The summed E-state index contributed by atoms with van der Waals surface area (Å²) in [4.78, 5) is 42.5. The van der Waals surface area contributed by atoms with Gasteiger partial charge in [-0.2, -0.15) is 4.98 Å². The summed E-state index contributed by atoms with van der Waals surface area (Å²) in [6, 6.07) is 4.14. The molecule has 4 heterocycles. The van der Waals surface area contributed by atoms with Gasteiger partial charge in [-0.1, -0.05) is 19.8 Å². The van der Waals surface area contributed by atoms with E-state index in [1.165, 1.54) is 12.8 Å². The maximum atomic E-state index is 13.4. The Balaban J connectivity index is 1.13. The fourth-order valence-corrected chi connectivity index (χ4v) is 8.09. The number of fused-ring (bicyclic) bond motifs is 3.